The standard InChI is InChI=1S/C19H23N3O3S/c1-14-7-9-16(10-8-14)26(24,25)21-20-19(23)13-18-17-6-4-3-5-15(17)11-12-22(18)2/h3-10,18,21H,11-13H2,1-2H3,(H,20,23). The van der Waals surface area contributed by atoms with Crippen LogP contribution in [0.25, 0.3) is 0 Å². The number of nitrogens with zero attached hydrogens (tertiary/aromatic N) is 1. The molecule has 0 aromatic heterocycles. The van der Waals surface area contributed by atoms with Gasteiger partial charge >= 0.3 is 0 Å². The zero-order valence-electron chi connectivity index (χ0n) is 14.9. The Hall–Kier alpha value is -2.22. The fourth-order valence-electron chi connectivity index (χ4n) is 3.17. The Morgan fingerprint density at radius 1 is 1.15 bits per heavy atom. The van der Waals surface area contributed by atoms with Gasteiger partial charge in [-0.15, -0.1) is 4.83 Å². The van der Waals surface area contributed by atoms with Gasteiger partial charge in [0, 0.05) is 19.0 Å². The minimum absolute atomic E-state index is 0.0659. The predicted molar refractivity (Wildman–Crippen MR) is 99.8 cm³/mol. The van der Waals surface area contributed by atoms with Gasteiger partial charge in [0.25, 0.3) is 10.0 Å². The van der Waals surface area contributed by atoms with Crippen molar-refractivity contribution in [1.82, 2.24) is 15.2 Å². The Balaban J connectivity index is 1.65. The van der Waals surface area contributed by atoms with Crippen molar-refractivity contribution in [3.63, 3.8) is 0 Å². The van der Waals surface area contributed by atoms with Crippen LogP contribution in [0.1, 0.15) is 29.2 Å². The highest BCUT2D eigenvalue weighted by Crippen LogP contribution is 2.30. The molecule has 138 valence electrons. The normalized spacial score (nSPS) is 17.5. The van der Waals surface area contributed by atoms with E-state index < -0.39 is 10.0 Å². The molecule has 2 aromatic rings. The molecule has 1 atom stereocenters. The number of aryl methyl sites for hydroxylation is 1. The molecule has 2 aromatic carbocycles. The summed E-state index contributed by atoms with van der Waals surface area (Å²) in [5.41, 5.74) is 5.66. The molecule has 0 bridgehead atoms. The lowest BCUT2D eigenvalue weighted by Crippen LogP contribution is -2.43. The zero-order valence-corrected chi connectivity index (χ0v) is 15.7. The summed E-state index contributed by atoms with van der Waals surface area (Å²) in [7, 11) is -1.81. The Labute approximate surface area is 154 Å². The van der Waals surface area contributed by atoms with Crippen LogP contribution in [0.2, 0.25) is 0 Å². The first-order chi connectivity index (χ1) is 12.4. The number of hydrogen-bond donors (Lipinski definition) is 2. The molecule has 6 nitrogen and oxygen atoms in total. The number of amides is 1. The second kappa shape index (κ2) is 7.57. The number of carbonyl (C=O) groups is 1. The summed E-state index contributed by atoms with van der Waals surface area (Å²) >= 11 is 0. The molecule has 0 fully saturated rings. The quantitative estimate of drug-likeness (QED) is 0.785. The van der Waals surface area contributed by atoms with E-state index in [-0.39, 0.29) is 23.3 Å². The van der Waals surface area contributed by atoms with Gasteiger partial charge in [-0.3, -0.25) is 15.1 Å². The molecular weight excluding hydrogens is 350 g/mol. The van der Waals surface area contributed by atoms with Crippen LogP contribution < -0.4 is 10.3 Å². The summed E-state index contributed by atoms with van der Waals surface area (Å²) < 4.78 is 24.5. The Bertz CT molecular complexity index is 895. The van der Waals surface area contributed by atoms with E-state index in [0.29, 0.717) is 0 Å². The van der Waals surface area contributed by atoms with Gasteiger partial charge in [0.05, 0.1) is 4.90 Å². The van der Waals surface area contributed by atoms with Crippen LogP contribution in [0.4, 0.5) is 0 Å². The van der Waals surface area contributed by atoms with Gasteiger partial charge in [-0.2, -0.15) is 0 Å². The molecule has 1 unspecified atom stereocenters. The number of rotatable bonds is 5. The minimum Gasteiger partial charge on any atom is -0.299 e. The van der Waals surface area contributed by atoms with E-state index >= 15 is 0 Å². The summed E-state index contributed by atoms with van der Waals surface area (Å²) in [6, 6.07) is 14.4. The maximum atomic E-state index is 12.3. The Morgan fingerprint density at radius 3 is 2.58 bits per heavy atom. The third kappa shape index (κ3) is 4.12. The number of likely N-dealkylation sites (N-methyl/N-ethyl adjacent to an activating group) is 1. The minimum atomic E-state index is -3.78. The lowest BCUT2D eigenvalue weighted by molar-refractivity contribution is -0.122. The van der Waals surface area contributed by atoms with Crippen molar-refractivity contribution in [3.8, 4) is 0 Å². The number of hydrazine groups is 1. The van der Waals surface area contributed by atoms with E-state index in [1.165, 1.54) is 17.7 Å². The van der Waals surface area contributed by atoms with Crippen molar-refractivity contribution in [3.05, 3.63) is 65.2 Å². The smallest absolute Gasteiger partial charge is 0.257 e. The average molecular weight is 373 g/mol. The van der Waals surface area contributed by atoms with Gasteiger partial charge in [0.15, 0.2) is 0 Å². The number of sulfonamides is 1. The molecule has 0 spiro atoms. The van der Waals surface area contributed by atoms with Crippen LogP contribution in [-0.4, -0.2) is 32.8 Å². The molecule has 2 N–H and O–H groups in total. The molecule has 0 saturated carbocycles. The highest BCUT2D eigenvalue weighted by molar-refractivity contribution is 7.89. The summed E-state index contributed by atoms with van der Waals surface area (Å²) in [4.78, 5) is 16.7. The first-order valence-corrected chi connectivity index (χ1v) is 10.0. The number of hydrogen-bond acceptors (Lipinski definition) is 4. The van der Waals surface area contributed by atoms with Crippen LogP contribution in [0.3, 0.4) is 0 Å². The molecule has 1 aliphatic rings. The van der Waals surface area contributed by atoms with Crippen molar-refractivity contribution in [2.24, 2.45) is 0 Å². The van der Waals surface area contributed by atoms with Crippen molar-refractivity contribution >= 4 is 15.9 Å². The lowest BCUT2D eigenvalue weighted by Gasteiger charge is -2.34. The molecule has 0 aliphatic carbocycles. The Kier molecular flexibility index (Phi) is 5.41. The monoisotopic (exact) mass is 373 g/mol. The summed E-state index contributed by atoms with van der Waals surface area (Å²) in [6.45, 7) is 2.74. The maximum Gasteiger partial charge on any atom is 0.257 e. The third-order valence-electron chi connectivity index (χ3n) is 4.71. The van der Waals surface area contributed by atoms with Gasteiger partial charge in [0.2, 0.25) is 5.91 Å². The highest BCUT2D eigenvalue weighted by Gasteiger charge is 2.27. The van der Waals surface area contributed by atoms with E-state index in [9.17, 15) is 13.2 Å². The fourth-order valence-corrected chi connectivity index (χ4v) is 4.03. The molecule has 1 amide bonds. The van der Waals surface area contributed by atoms with Gasteiger partial charge in [-0.25, -0.2) is 8.42 Å². The predicted octanol–water partition coefficient (Wildman–Crippen LogP) is 1.92. The van der Waals surface area contributed by atoms with Gasteiger partial charge in [-0.1, -0.05) is 42.0 Å². The van der Waals surface area contributed by atoms with E-state index in [0.717, 1.165) is 24.1 Å². The first-order valence-electron chi connectivity index (χ1n) is 8.52. The molecule has 3 rings (SSSR count). The number of benzene rings is 2. The van der Waals surface area contributed by atoms with Crippen LogP contribution in [0, 0.1) is 6.92 Å². The van der Waals surface area contributed by atoms with Gasteiger partial charge in [-0.05, 0) is 43.7 Å². The first kappa shape index (κ1) is 18.6. The average Bonchev–Trinajstić information content (AvgIpc) is 2.63. The van der Waals surface area contributed by atoms with Crippen molar-refractivity contribution < 1.29 is 13.2 Å². The Morgan fingerprint density at radius 2 is 1.85 bits per heavy atom. The number of fused-ring (bicyclic) bond motifs is 1. The highest BCUT2D eigenvalue weighted by atomic mass is 32.2. The second-order valence-electron chi connectivity index (χ2n) is 6.62. The lowest BCUT2D eigenvalue weighted by atomic mass is 9.91. The van der Waals surface area contributed by atoms with Crippen LogP contribution in [0.5, 0.6) is 0 Å². The molecule has 7 heteroatoms. The van der Waals surface area contributed by atoms with Crippen molar-refractivity contribution in [2.75, 3.05) is 13.6 Å². The third-order valence-corrected chi connectivity index (χ3v) is 5.98. The molecular formula is C19H23N3O3S. The van der Waals surface area contributed by atoms with Crippen LogP contribution >= 0.6 is 0 Å². The summed E-state index contributed by atoms with van der Waals surface area (Å²) in [5, 5.41) is 0. The van der Waals surface area contributed by atoms with E-state index in [1.807, 2.05) is 32.2 Å². The number of carbonyl (C=O) groups excluding carboxylic acids is 1. The second-order valence-corrected chi connectivity index (χ2v) is 8.30. The summed E-state index contributed by atoms with van der Waals surface area (Å²) in [5.74, 6) is -0.366. The van der Waals surface area contributed by atoms with E-state index in [1.54, 1.807) is 12.1 Å². The topological polar surface area (TPSA) is 78.5 Å². The van der Waals surface area contributed by atoms with Gasteiger partial charge in [0.1, 0.15) is 0 Å². The molecule has 0 radical (unpaired) electrons. The molecule has 1 heterocycles. The zero-order chi connectivity index (χ0) is 18.7. The SMILES string of the molecule is Cc1ccc(S(=O)(=O)NNC(=O)CC2c3ccccc3CCN2C)cc1. The van der Waals surface area contributed by atoms with Gasteiger partial charge < -0.3 is 0 Å². The molecule has 1 aliphatic heterocycles. The van der Waals surface area contributed by atoms with Crippen molar-refractivity contribution in [2.45, 2.75) is 30.7 Å². The fraction of sp³-hybridized carbons (Fsp3) is 0.316. The maximum absolute atomic E-state index is 12.3. The summed E-state index contributed by atoms with van der Waals surface area (Å²) in [6.07, 6.45) is 1.13. The molecule has 26 heavy (non-hydrogen) atoms. The molecule has 0 saturated heterocycles. The largest absolute Gasteiger partial charge is 0.299 e. The van der Waals surface area contributed by atoms with E-state index in [4.69, 9.17) is 0 Å². The van der Waals surface area contributed by atoms with Crippen LogP contribution in [-0.2, 0) is 21.2 Å². The van der Waals surface area contributed by atoms with E-state index in [2.05, 4.69) is 21.2 Å². The number of nitrogens with one attached hydrogen (secondary N) is 2. The van der Waals surface area contributed by atoms with Crippen molar-refractivity contribution in [1.29, 1.82) is 0 Å². The van der Waals surface area contributed by atoms with Crippen LogP contribution in [0.15, 0.2) is 53.4 Å².